The van der Waals surface area contributed by atoms with Gasteiger partial charge in [-0.25, -0.2) is 17.5 Å². The van der Waals surface area contributed by atoms with Crippen molar-refractivity contribution in [3.63, 3.8) is 0 Å². The van der Waals surface area contributed by atoms with Gasteiger partial charge in [0.25, 0.3) is 21.8 Å². The first kappa shape index (κ1) is 15.4. The number of amides is 1. The molecule has 1 aliphatic rings. The lowest BCUT2D eigenvalue weighted by molar-refractivity contribution is 0.0866. The number of furan rings is 1. The van der Waals surface area contributed by atoms with Gasteiger partial charge in [0, 0.05) is 0 Å². The molecule has 4 rings (SSSR count). The molecule has 1 amide bonds. The second kappa shape index (κ2) is 5.45. The van der Waals surface area contributed by atoms with Gasteiger partial charge in [0.05, 0.1) is 24.9 Å². The third kappa shape index (κ3) is 2.38. The van der Waals surface area contributed by atoms with Gasteiger partial charge < -0.3 is 8.83 Å². The van der Waals surface area contributed by atoms with Crippen LogP contribution >= 0.6 is 0 Å². The molecule has 0 fully saturated rings. The Hall–Kier alpha value is -3.14. The van der Waals surface area contributed by atoms with Crippen LogP contribution in [0.4, 0.5) is 0 Å². The summed E-state index contributed by atoms with van der Waals surface area (Å²) in [5.74, 6) is -1.15. The quantitative estimate of drug-likeness (QED) is 0.679. The van der Waals surface area contributed by atoms with Gasteiger partial charge in [0.15, 0.2) is 5.76 Å². The second-order valence-corrected chi connectivity index (χ2v) is 7.08. The van der Waals surface area contributed by atoms with Crippen molar-refractivity contribution in [1.29, 1.82) is 0 Å². The van der Waals surface area contributed by atoms with Crippen LogP contribution in [-0.4, -0.2) is 35.0 Å². The maximum Gasteiger partial charge on any atom is 0.437 e. The zero-order valence-electron chi connectivity index (χ0n) is 12.7. The Labute approximate surface area is 141 Å². The predicted octanol–water partition coefficient (Wildman–Crippen LogP) is 0.941. The van der Waals surface area contributed by atoms with Crippen LogP contribution in [0.5, 0.6) is 0 Å². The largest absolute Gasteiger partial charge is 0.459 e. The zero-order valence-corrected chi connectivity index (χ0v) is 13.5. The fourth-order valence-corrected chi connectivity index (χ4v) is 4.15. The number of nitrogens with zero attached hydrogens (tertiary/aromatic N) is 3. The van der Waals surface area contributed by atoms with Crippen LogP contribution in [0.25, 0.3) is 11.7 Å². The molecule has 0 bridgehead atoms. The normalized spacial score (nSPS) is 15.5. The van der Waals surface area contributed by atoms with E-state index in [0.717, 1.165) is 8.99 Å². The Balaban J connectivity index is 1.59. The van der Waals surface area contributed by atoms with Gasteiger partial charge in [-0.1, -0.05) is 12.1 Å². The summed E-state index contributed by atoms with van der Waals surface area (Å²) < 4.78 is 36.6. The van der Waals surface area contributed by atoms with E-state index in [-0.39, 0.29) is 35.2 Å². The highest BCUT2D eigenvalue weighted by atomic mass is 32.2. The average molecular weight is 361 g/mol. The van der Waals surface area contributed by atoms with Crippen LogP contribution in [-0.2, 0) is 16.6 Å². The molecule has 3 heterocycles. The molecule has 1 aromatic carbocycles. The molecule has 0 saturated carbocycles. The molecule has 25 heavy (non-hydrogen) atoms. The summed E-state index contributed by atoms with van der Waals surface area (Å²) in [6.07, 6.45) is 1.40. The lowest BCUT2D eigenvalue weighted by atomic mass is 10.2. The minimum Gasteiger partial charge on any atom is -0.459 e. The Bertz CT molecular complexity index is 1110. The lowest BCUT2D eigenvalue weighted by Crippen LogP contribution is -2.34. The fourth-order valence-electron chi connectivity index (χ4n) is 2.59. The molecule has 0 saturated heterocycles. The van der Waals surface area contributed by atoms with E-state index in [1.165, 1.54) is 18.4 Å². The number of rotatable bonds is 4. The van der Waals surface area contributed by atoms with Crippen LogP contribution in [0.3, 0.4) is 0 Å². The van der Waals surface area contributed by atoms with Gasteiger partial charge in [-0.2, -0.15) is 4.68 Å². The summed E-state index contributed by atoms with van der Waals surface area (Å²) in [5, 5.41) is 3.95. The highest BCUT2D eigenvalue weighted by Crippen LogP contribution is 2.29. The Morgan fingerprint density at radius 1 is 1.04 bits per heavy atom. The number of aromatic nitrogens is 2. The topological polar surface area (TPSA) is 116 Å². The maximum absolute atomic E-state index is 12.5. The Morgan fingerprint density at radius 2 is 1.84 bits per heavy atom. The molecular formula is C15H11N3O6S. The third-order valence-electron chi connectivity index (χ3n) is 3.77. The van der Waals surface area contributed by atoms with Crippen molar-refractivity contribution in [2.75, 3.05) is 6.54 Å². The van der Waals surface area contributed by atoms with Crippen molar-refractivity contribution in [2.24, 2.45) is 0 Å². The molecule has 3 aromatic rings. The summed E-state index contributed by atoms with van der Waals surface area (Å²) >= 11 is 0. The molecular weight excluding hydrogens is 350 g/mol. The monoisotopic (exact) mass is 361 g/mol. The van der Waals surface area contributed by atoms with Crippen LogP contribution in [0.15, 0.2) is 61.2 Å². The maximum atomic E-state index is 12.5. The summed E-state index contributed by atoms with van der Waals surface area (Å²) in [6.45, 7) is -0.373. The third-order valence-corrected chi connectivity index (χ3v) is 5.61. The van der Waals surface area contributed by atoms with Crippen molar-refractivity contribution in [3.05, 3.63) is 58.8 Å². The van der Waals surface area contributed by atoms with Crippen molar-refractivity contribution in [2.45, 2.75) is 11.4 Å². The Kier molecular flexibility index (Phi) is 3.35. The highest BCUT2D eigenvalue weighted by molar-refractivity contribution is 7.90. The number of carbonyl (C=O) groups excluding carboxylic acids is 1. The fraction of sp³-hybridized carbons (Fsp3) is 0.133. The first-order valence-electron chi connectivity index (χ1n) is 7.26. The zero-order chi connectivity index (χ0) is 17.6. The van der Waals surface area contributed by atoms with E-state index in [1.54, 1.807) is 24.3 Å². The number of hydrogen-bond donors (Lipinski definition) is 0. The second-order valence-electron chi connectivity index (χ2n) is 5.25. The SMILES string of the molecule is O=C1c2ccccc2S(=O)(=O)N1CCn1nc(-c2ccco2)oc1=O. The van der Waals surface area contributed by atoms with E-state index in [0.29, 0.717) is 0 Å². The molecule has 2 aromatic heterocycles. The lowest BCUT2D eigenvalue weighted by Gasteiger charge is -2.14. The summed E-state index contributed by atoms with van der Waals surface area (Å²) in [5.41, 5.74) is 0.117. The van der Waals surface area contributed by atoms with Gasteiger partial charge in [-0.3, -0.25) is 4.79 Å². The molecule has 0 unspecified atom stereocenters. The molecule has 9 nitrogen and oxygen atoms in total. The van der Waals surface area contributed by atoms with Gasteiger partial charge in [0.1, 0.15) is 4.90 Å². The Morgan fingerprint density at radius 3 is 2.56 bits per heavy atom. The molecule has 0 radical (unpaired) electrons. The van der Waals surface area contributed by atoms with E-state index in [1.807, 2.05) is 0 Å². The minimum atomic E-state index is -3.92. The number of fused-ring (bicyclic) bond motifs is 1. The molecule has 0 spiro atoms. The summed E-state index contributed by atoms with van der Waals surface area (Å²) in [6, 6.07) is 9.15. The molecule has 128 valence electrons. The number of sulfonamides is 1. The van der Waals surface area contributed by atoms with Crippen LogP contribution in [0.2, 0.25) is 0 Å². The van der Waals surface area contributed by atoms with Gasteiger partial charge in [-0.05, 0) is 24.3 Å². The summed E-state index contributed by atoms with van der Waals surface area (Å²) in [7, 11) is -3.92. The molecule has 0 aliphatic carbocycles. The average Bonchev–Trinajstić information content (AvgIpc) is 3.28. The van der Waals surface area contributed by atoms with E-state index < -0.39 is 21.7 Å². The molecule has 10 heteroatoms. The van der Waals surface area contributed by atoms with Crippen LogP contribution in [0.1, 0.15) is 10.4 Å². The highest BCUT2D eigenvalue weighted by Gasteiger charge is 2.40. The molecule has 0 N–H and O–H groups in total. The number of benzene rings is 1. The van der Waals surface area contributed by atoms with Gasteiger partial charge in [0.2, 0.25) is 0 Å². The van der Waals surface area contributed by atoms with Crippen molar-refractivity contribution in [1.82, 2.24) is 14.1 Å². The van der Waals surface area contributed by atoms with Crippen molar-refractivity contribution in [3.8, 4) is 11.7 Å². The minimum absolute atomic E-state index is 0.0195. The molecule has 1 aliphatic heterocycles. The van der Waals surface area contributed by atoms with Gasteiger partial charge >= 0.3 is 5.76 Å². The molecule has 0 atom stereocenters. The van der Waals surface area contributed by atoms with E-state index in [2.05, 4.69) is 5.10 Å². The van der Waals surface area contributed by atoms with Crippen LogP contribution in [0, 0.1) is 0 Å². The van der Waals surface area contributed by atoms with Gasteiger partial charge in [-0.15, -0.1) is 5.10 Å². The smallest absolute Gasteiger partial charge is 0.437 e. The van der Waals surface area contributed by atoms with Crippen LogP contribution < -0.4 is 5.76 Å². The van der Waals surface area contributed by atoms with E-state index in [9.17, 15) is 18.0 Å². The standard InChI is InChI=1S/C15H11N3O6S/c19-14-10-4-1-2-6-12(10)25(21,22)18(14)8-7-17-15(20)24-13(16-17)11-5-3-9-23-11/h1-6,9H,7-8H2. The predicted molar refractivity (Wildman–Crippen MR) is 83.1 cm³/mol. The van der Waals surface area contributed by atoms with E-state index in [4.69, 9.17) is 8.83 Å². The van der Waals surface area contributed by atoms with Crippen molar-refractivity contribution >= 4 is 15.9 Å². The van der Waals surface area contributed by atoms with Crippen molar-refractivity contribution < 1.29 is 22.0 Å². The first-order chi connectivity index (χ1) is 12.0. The number of hydrogen-bond acceptors (Lipinski definition) is 7. The van der Waals surface area contributed by atoms with E-state index >= 15 is 0 Å². The number of carbonyl (C=O) groups is 1. The first-order valence-corrected chi connectivity index (χ1v) is 8.70. The summed E-state index contributed by atoms with van der Waals surface area (Å²) in [4.78, 5) is 24.1.